The first-order valence-corrected chi connectivity index (χ1v) is 15.2. The maximum Gasteiger partial charge on any atom is 0.261 e. The fourth-order valence-corrected chi connectivity index (χ4v) is 7.46. The lowest BCUT2D eigenvalue weighted by Crippen LogP contribution is -2.57. The van der Waals surface area contributed by atoms with E-state index >= 15 is 0 Å². The molecule has 0 spiro atoms. The molecule has 3 saturated carbocycles. The van der Waals surface area contributed by atoms with E-state index in [1.165, 1.54) is 6.42 Å². The fourth-order valence-electron chi connectivity index (χ4n) is 6.95. The van der Waals surface area contributed by atoms with Crippen LogP contribution in [0.3, 0.4) is 0 Å². The van der Waals surface area contributed by atoms with E-state index in [2.05, 4.69) is 36.4 Å². The Balaban J connectivity index is 1.24. The highest BCUT2D eigenvalue weighted by molar-refractivity contribution is 6.35. The van der Waals surface area contributed by atoms with Gasteiger partial charge in [-0.2, -0.15) is 0 Å². The zero-order valence-electron chi connectivity index (χ0n) is 23.7. The first-order chi connectivity index (χ1) is 19.6. The summed E-state index contributed by atoms with van der Waals surface area (Å²) in [4.78, 5) is 37.4. The van der Waals surface area contributed by atoms with E-state index in [0.717, 1.165) is 17.7 Å². The van der Waals surface area contributed by atoms with Crippen molar-refractivity contribution in [2.45, 2.75) is 52.6 Å². The minimum absolute atomic E-state index is 0.00737. The number of carbonyl (C=O) groups excluding carboxylic acids is 1. The maximum absolute atomic E-state index is 13.3. The lowest BCUT2D eigenvalue weighted by molar-refractivity contribution is -0.122. The van der Waals surface area contributed by atoms with Crippen LogP contribution >= 0.6 is 23.2 Å². The van der Waals surface area contributed by atoms with Gasteiger partial charge in [0.1, 0.15) is 0 Å². The lowest BCUT2D eigenvalue weighted by atomic mass is 9.45. The van der Waals surface area contributed by atoms with Crippen molar-refractivity contribution in [1.82, 2.24) is 19.8 Å². The van der Waals surface area contributed by atoms with Gasteiger partial charge in [0.25, 0.3) is 5.56 Å². The largest absolute Gasteiger partial charge is 0.353 e. The van der Waals surface area contributed by atoms with Crippen molar-refractivity contribution < 1.29 is 4.79 Å². The minimum Gasteiger partial charge on any atom is -0.353 e. The van der Waals surface area contributed by atoms with Gasteiger partial charge in [-0.25, -0.2) is 9.98 Å². The number of aromatic nitrogens is 2. The molecule has 0 radical (unpaired) electrons. The van der Waals surface area contributed by atoms with E-state index in [1.807, 2.05) is 23.1 Å². The van der Waals surface area contributed by atoms with Gasteiger partial charge in [-0.05, 0) is 78.3 Å². The molecule has 2 aromatic carbocycles. The van der Waals surface area contributed by atoms with E-state index in [0.29, 0.717) is 76.1 Å². The molecule has 1 aromatic heterocycles. The van der Waals surface area contributed by atoms with Gasteiger partial charge in [-0.1, -0.05) is 50.0 Å². The molecular formula is C31H36Cl2N6O2. The Morgan fingerprint density at radius 3 is 2.73 bits per heavy atom. The number of nitrogens with one attached hydrogen (secondary N) is 2. The third-order valence-electron chi connectivity index (χ3n) is 9.66. The van der Waals surface area contributed by atoms with Gasteiger partial charge in [0.05, 0.1) is 29.8 Å². The topological polar surface area (TPSA) is 91.6 Å². The van der Waals surface area contributed by atoms with E-state index in [1.54, 1.807) is 29.1 Å². The number of fused-ring (bicyclic) bond motifs is 3. The van der Waals surface area contributed by atoms with Crippen molar-refractivity contribution >= 4 is 51.7 Å². The van der Waals surface area contributed by atoms with Gasteiger partial charge in [0.15, 0.2) is 5.96 Å². The molecule has 8 nitrogen and oxygen atoms in total. The van der Waals surface area contributed by atoms with Crippen molar-refractivity contribution in [2.24, 2.45) is 28.2 Å². The summed E-state index contributed by atoms with van der Waals surface area (Å²) in [6, 6.07) is 11.2. The van der Waals surface area contributed by atoms with Gasteiger partial charge in [-0.15, -0.1) is 0 Å². The first kappa shape index (κ1) is 28.0. The molecule has 41 heavy (non-hydrogen) atoms. The molecule has 10 heteroatoms. The Bertz CT molecular complexity index is 1580. The number of nitrogens with zero attached hydrogens (tertiary/aromatic N) is 4. The van der Waals surface area contributed by atoms with Crippen LogP contribution < -0.4 is 16.2 Å². The van der Waals surface area contributed by atoms with Crippen LogP contribution in [0.5, 0.6) is 0 Å². The number of guanidine groups is 1. The summed E-state index contributed by atoms with van der Waals surface area (Å²) in [5, 5.41) is 8.11. The lowest BCUT2D eigenvalue weighted by Gasteiger charge is -2.61. The second-order valence-electron chi connectivity index (χ2n) is 12.3. The van der Waals surface area contributed by atoms with Crippen LogP contribution in [-0.4, -0.2) is 52.0 Å². The highest BCUT2D eigenvalue weighted by atomic mass is 35.5. The fraction of sp³-hybridized carbons (Fsp3) is 0.484. The third kappa shape index (κ3) is 5.44. The molecule has 2 bridgehead atoms. The molecule has 2 N–H and O–H groups in total. The second-order valence-corrected chi connectivity index (χ2v) is 13.2. The van der Waals surface area contributed by atoms with Gasteiger partial charge in [0.2, 0.25) is 5.91 Å². The standard InChI is InChI=1S/C31H36Cl2N6O2/c1-18-24-12-20(31(24,2)3)13-26(18)37-30(38-11-9-34-28(40)16-38)36-22-6-7-23-27(15-22)35-17-39(29(23)41)10-8-19-4-5-21(32)14-25(19)33/h4-7,14-15,17-18,20,24,26H,8-13,16H2,1-3H3,(H,34,40)(H,36,37)/t18-,20-,24+,26-/m0/s1. The van der Waals surface area contributed by atoms with Crippen LogP contribution in [0.4, 0.5) is 5.69 Å². The Morgan fingerprint density at radius 1 is 1.17 bits per heavy atom. The zero-order valence-corrected chi connectivity index (χ0v) is 25.2. The Kier molecular flexibility index (Phi) is 7.49. The predicted octanol–water partition coefficient (Wildman–Crippen LogP) is 5.22. The number of hydrogen-bond donors (Lipinski definition) is 2. The molecule has 7 rings (SSSR count). The third-order valence-corrected chi connectivity index (χ3v) is 10.2. The van der Waals surface area contributed by atoms with Crippen LogP contribution in [0.2, 0.25) is 10.0 Å². The maximum atomic E-state index is 13.3. The Hall–Kier alpha value is -3.10. The van der Waals surface area contributed by atoms with Crippen molar-refractivity contribution in [3.05, 3.63) is 68.7 Å². The predicted molar refractivity (Wildman–Crippen MR) is 165 cm³/mol. The van der Waals surface area contributed by atoms with Crippen molar-refractivity contribution in [3.63, 3.8) is 0 Å². The Labute approximate surface area is 250 Å². The molecule has 1 amide bonds. The van der Waals surface area contributed by atoms with E-state index in [4.69, 9.17) is 28.2 Å². The van der Waals surface area contributed by atoms with Crippen molar-refractivity contribution in [2.75, 3.05) is 25.0 Å². The number of hydrogen-bond acceptors (Lipinski definition) is 4. The van der Waals surface area contributed by atoms with Crippen LogP contribution in [0, 0.1) is 23.2 Å². The van der Waals surface area contributed by atoms with Crippen LogP contribution in [0.1, 0.15) is 39.2 Å². The zero-order chi connectivity index (χ0) is 28.9. The van der Waals surface area contributed by atoms with Crippen LogP contribution in [0.15, 0.2) is 52.5 Å². The second kappa shape index (κ2) is 11.0. The average molecular weight is 596 g/mol. The van der Waals surface area contributed by atoms with E-state index in [9.17, 15) is 9.59 Å². The van der Waals surface area contributed by atoms with Crippen molar-refractivity contribution in [1.29, 1.82) is 0 Å². The number of aliphatic imine (C=N–C) groups is 1. The van der Waals surface area contributed by atoms with Gasteiger partial charge in [-0.3, -0.25) is 14.2 Å². The summed E-state index contributed by atoms with van der Waals surface area (Å²) >= 11 is 12.3. The monoisotopic (exact) mass is 594 g/mol. The number of carbonyl (C=O) groups is 1. The number of piperazine rings is 1. The number of anilines is 1. The normalized spacial score (nSPS) is 25.5. The summed E-state index contributed by atoms with van der Waals surface area (Å²) in [6.07, 6.45) is 4.52. The molecule has 0 unspecified atom stereocenters. The number of amides is 1. The molecule has 4 atom stereocenters. The summed E-state index contributed by atoms with van der Waals surface area (Å²) in [7, 11) is 0. The van der Waals surface area contributed by atoms with Gasteiger partial charge >= 0.3 is 0 Å². The van der Waals surface area contributed by atoms with Crippen LogP contribution in [-0.2, 0) is 17.8 Å². The van der Waals surface area contributed by atoms with Gasteiger partial charge in [0, 0.05) is 35.4 Å². The molecule has 3 aromatic rings. The molecule has 216 valence electrons. The summed E-state index contributed by atoms with van der Waals surface area (Å²) in [5.74, 6) is 2.54. The molecule has 4 aliphatic rings. The molecule has 1 saturated heterocycles. The molecular weight excluding hydrogens is 559 g/mol. The Morgan fingerprint density at radius 2 is 2.00 bits per heavy atom. The SMILES string of the molecule is C[C@@H]1[C@@H](N=C(Nc2ccc3c(=O)n(CCc4ccc(Cl)cc4Cl)cnc3c2)N2CCNC(=O)C2)C[C@@H]2C[C@H]1C2(C)C. The summed E-state index contributed by atoms with van der Waals surface area (Å²) in [5.41, 5.74) is 2.58. The number of halogens is 2. The molecule has 4 fully saturated rings. The summed E-state index contributed by atoms with van der Waals surface area (Å²) < 4.78 is 1.61. The van der Waals surface area contributed by atoms with E-state index < -0.39 is 0 Å². The molecule has 1 aliphatic heterocycles. The number of aryl methyl sites for hydroxylation is 2. The minimum atomic E-state index is -0.105. The quantitative estimate of drug-likeness (QED) is 0.312. The highest BCUT2D eigenvalue weighted by Crippen LogP contribution is 2.61. The number of rotatable bonds is 5. The smallest absolute Gasteiger partial charge is 0.261 e. The first-order valence-electron chi connectivity index (χ1n) is 14.4. The van der Waals surface area contributed by atoms with Crippen LogP contribution in [0.25, 0.3) is 10.9 Å². The number of benzene rings is 2. The highest BCUT2D eigenvalue weighted by Gasteiger charge is 2.56. The molecule has 3 aliphatic carbocycles. The average Bonchev–Trinajstić information content (AvgIpc) is 2.94. The summed E-state index contributed by atoms with van der Waals surface area (Å²) in [6.45, 7) is 9.08. The van der Waals surface area contributed by atoms with Gasteiger partial charge < -0.3 is 15.5 Å². The van der Waals surface area contributed by atoms with Crippen molar-refractivity contribution in [3.8, 4) is 0 Å². The van der Waals surface area contributed by atoms with E-state index in [-0.39, 0.29) is 24.1 Å². The molecule has 2 heterocycles.